The van der Waals surface area contributed by atoms with Crippen LogP contribution in [0.25, 0.3) is 0 Å². The molecule has 0 bridgehead atoms. The Bertz CT molecular complexity index is 404. The summed E-state index contributed by atoms with van der Waals surface area (Å²) in [5, 5.41) is 7.79. The van der Waals surface area contributed by atoms with Gasteiger partial charge in [0.05, 0.1) is 12.8 Å². The smallest absolute Gasteiger partial charge is 0.121 e. The molecule has 0 aliphatic heterocycles. The van der Waals surface area contributed by atoms with E-state index < -0.39 is 0 Å². The van der Waals surface area contributed by atoms with E-state index in [2.05, 4.69) is 0 Å². The molecule has 0 radical (unpaired) electrons. The third-order valence-electron chi connectivity index (χ3n) is 2.08. The van der Waals surface area contributed by atoms with E-state index >= 15 is 0 Å². The molecule has 1 aromatic rings. The van der Waals surface area contributed by atoms with Crippen molar-refractivity contribution in [1.82, 2.24) is 0 Å². The summed E-state index contributed by atoms with van der Waals surface area (Å²) < 4.78 is 5.15. The van der Waals surface area contributed by atoms with Gasteiger partial charge in [-0.1, -0.05) is 0 Å². The molecule has 0 spiro atoms. The van der Waals surface area contributed by atoms with Crippen LogP contribution < -0.4 is 10.5 Å². The molecule has 0 heterocycles. The zero-order chi connectivity index (χ0) is 11.4. The van der Waals surface area contributed by atoms with Crippen molar-refractivity contribution in [2.24, 2.45) is 5.73 Å². The summed E-state index contributed by atoms with van der Waals surface area (Å²) in [6.45, 7) is 3.72. The summed E-state index contributed by atoms with van der Waals surface area (Å²) >= 11 is 0. The maximum atomic E-state index is 7.79. The maximum Gasteiger partial charge on any atom is 0.121 e. The lowest BCUT2D eigenvalue weighted by atomic mass is 10.1. The second-order valence-electron chi connectivity index (χ2n) is 3.49. The Labute approximate surface area is 90.1 Å². The third kappa shape index (κ3) is 2.84. The van der Waals surface area contributed by atoms with E-state index in [4.69, 9.17) is 15.9 Å². The lowest BCUT2D eigenvalue weighted by Crippen LogP contribution is -2.01. The van der Waals surface area contributed by atoms with Crippen molar-refractivity contribution in [2.75, 3.05) is 7.11 Å². The standard InChI is InChI=1S/C12H16N2O/c1-8-6-10(4-5-12(8)15-3)11(14)7-9(2)13/h4-7,14H,13H2,1-3H3/b9-7-,14-11?. The molecule has 0 saturated heterocycles. The summed E-state index contributed by atoms with van der Waals surface area (Å²) in [6.07, 6.45) is 1.64. The summed E-state index contributed by atoms with van der Waals surface area (Å²) in [5.41, 5.74) is 8.43. The topological polar surface area (TPSA) is 59.1 Å². The minimum absolute atomic E-state index is 0.417. The highest BCUT2D eigenvalue weighted by atomic mass is 16.5. The molecule has 0 amide bonds. The van der Waals surface area contributed by atoms with E-state index in [0.29, 0.717) is 11.4 Å². The summed E-state index contributed by atoms with van der Waals surface area (Å²) in [5.74, 6) is 0.833. The first-order chi connectivity index (χ1) is 7.04. The van der Waals surface area contributed by atoms with Crippen molar-refractivity contribution < 1.29 is 4.74 Å². The van der Waals surface area contributed by atoms with Gasteiger partial charge in [0.15, 0.2) is 0 Å². The van der Waals surface area contributed by atoms with Crippen molar-refractivity contribution in [3.63, 3.8) is 0 Å². The molecule has 0 aliphatic rings. The van der Waals surface area contributed by atoms with Gasteiger partial charge in [-0.2, -0.15) is 0 Å². The van der Waals surface area contributed by atoms with E-state index in [-0.39, 0.29) is 0 Å². The van der Waals surface area contributed by atoms with Crippen molar-refractivity contribution in [3.05, 3.63) is 41.1 Å². The van der Waals surface area contributed by atoms with E-state index in [1.54, 1.807) is 20.1 Å². The Kier molecular flexibility index (Phi) is 3.50. The molecule has 15 heavy (non-hydrogen) atoms. The maximum absolute atomic E-state index is 7.79. The second-order valence-corrected chi connectivity index (χ2v) is 3.49. The van der Waals surface area contributed by atoms with Gasteiger partial charge in [0, 0.05) is 5.70 Å². The first kappa shape index (κ1) is 11.3. The first-order valence-corrected chi connectivity index (χ1v) is 4.72. The molecule has 1 rings (SSSR count). The van der Waals surface area contributed by atoms with Gasteiger partial charge in [-0.15, -0.1) is 0 Å². The lowest BCUT2D eigenvalue weighted by Gasteiger charge is -2.06. The van der Waals surface area contributed by atoms with Crippen LogP contribution in [0, 0.1) is 12.3 Å². The van der Waals surface area contributed by atoms with Crippen LogP contribution in [0.1, 0.15) is 18.1 Å². The number of methoxy groups -OCH3 is 1. The molecule has 0 atom stereocenters. The molecule has 3 nitrogen and oxygen atoms in total. The normalized spacial score (nSPS) is 11.3. The van der Waals surface area contributed by atoms with Crippen LogP contribution in [0.5, 0.6) is 5.75 Å². The van der Waals surface area contributed by atoms with Gasteiger partial charge in [-0.25, -0.2) is 0 Å². The van der Waals surface area contributed by atoms with E-state index in [0.717, 1.165) is 16.9 Å². The van der Waals surface area contributed by atoms with Gasteiger partial charge in [0.25, 0.3) is 0 Å². The fraction of sp³-hybridized carbons (Fsp3) is 0.250. The molecule has 0 aliphatic carbocycles. The van der Waals surface area contributed by atoms with E-state index in [1.165, 1.54) is 0 Å². The number of nitrogens with two attached hydrogens (primary N) is 1. The minimum Gasteiger partial charge on any atom is -0.496 e. The van der Waals surface area contributed by atoms with Gasteiger partial charge in [0.1, 0.15) is 5.75 Å². The van der Waals surface area contributed by atoms with Crippen LogP contribution >= 0.6 is 0 Å². The summed E-state index contributed by atoms with van der Waals surface area (Å²) in [4.78, 5) is 0. The predicted molar refractivity (Wildman–Crippen MR) is 62.5 cm³/mol. The molecule has 0 fully saturated rings. The predicted octanol–water partition coefficient (Wildman–Crippen LogP) is 2.23. The fourth-order valence-electron chi connectivity index (χ4n) is 1.36. The molecule has 80 valence electrons. The van der Waals surface area contributed by atoms with Gasteiger partial charge < -0.3 is 15.9 Å². The first-order valence-electron chi connectivity index (χ1n) is 4.72. The highest BCUT2D eigenvalue weighted by Crippen LogP contribution is 2.18. The number of ether oxygens (including phenoxy) is 1. The van der Waals surface area contributed by atoms with Crippen LogP contribution in [0.15, 0.2) is 30.0 Å². The largest absolute Gasteiger partial charge is 0.496 e. The SMILES string of the molecule is COc1ccc(C(=N)/C=C(/C)N)cc1C. The monoisotopic (exact) mass is 204 g/mol. The number of aryl methyl sites for hydroxylation is 1. The van der Waals surface area contributed by atoms with Crippen LogP contribution in [0.2, 0.25) is 0 Å². The highest BCUT2D eigenvalue weighted by Gasteiger charge is 2.02. The Balaban J connectivity index is 3.03. The Morgan fingerprint density at radius 1 is 1.47 bits per heavy atom. The van der Waals surface area contributed by atoms with Gasteiger partial charge in [-0.3, -0.25) is 0 Å². The lowest BCUT2D eigenvalue weighted by molar-refractivity contribution is 0.411. The molecular formula is C12H16N2O. The van der Waals surface area contributed by atoms with Crippen molar-refractivity contribution in [2.45, 2.75) is 13.8 Å². The third-order valence-corrected chi connectivity index (χ3v) is 2.08. The summed E-state index contributed by atoms with van der Waals surface area (Å²) in [7, 11) is 1.64. The molecule has 3 heteroatoms. The van der Waals surface area contributed by atoms with Crippen LogP contribution in [-0.2, 0) is 0 Å². The molecule has 3 N–H and O–H groups in total. The van der Waals surface area contributed by atoms with Crippen LogP contribution in [-0.4, -0.2) is 12.8 Å². The number of benzene rings is 1. The second kappa shape index (κ2) is 4.64. The zero-order valence-corrected chi connectivity index (χ0v) is 9.29. The van der Waals surface area contributed by atoms with Crippen molar-refractivity contribution >= 4 is 5.71 Å². The average molecular weight is 204 g/mol. The van der Waals surface area contributed by atoms with E-state index in [9.17, 15) is 0 Å². The van der Waals surface area contributed by atoms with Gasteiger partial charge in [0.2, 0.25) is 0 Å². The van der Waals surface area contributed by atoms with Crippen molar-refractivity contribution in [1.29, 1.82) is 5.41 Å². The number of allylic oxidation sites excluding steroid dienone is 2. The minimum atomic E-state index is 0.417. The quantitative estimate of drug-likeness (QED) is 0.742. The number of nitrogens with one attached hydrogen (secondary N) is 1. The number of hydrogen-bond acceptors (Lipinski definition) is 3. The Morgan fingerprint density at radius 2 is 2.13 bits per heavy atom. The number of hydrogen-bond donors (Lipinski definition) is 2. The fourth-order valence-corrected chi connectivity index (χ4v) is 1.36. The van der Waals surface area contributed by atoms with Crippen LogP contribution in [0.3, 0.4) is 0 Å². The molecular weight excluding hydrogens is 188 g/mol. The molecule has 0 saturated carbocycles. The molecule has 0 unspecified atom stereocenters. The van der Waals surface area contributed by atoms with E-state index in [1.807, 2.05) is 25.1 Å². The highest BCUT2D eigenvalue weighted by molar-refractivity contribution is 6.06. The molecule has 1 aromatic carbocycles. The van der Waals surface area contributed by atoms with Crippen molar-refractivity contribution in [3.8, 4) is 5.75 Å². The Morgan fingerprint density at radius 3 is 2.60 bits per heavy atom. The average Bonchev–Trinajstić information content (AvgIpc) is 2.16. The number of rotatable bonds is 3. The zero-order valence-electron chi connectivity index (χ0n) is 9.29. The van der Waals surface area contributed by atoms with Crippen LogP contribution in [0.4, 0.5) is 0 Å². The molecule has 0 aromatic heterocycles. The Hall–Kier alpha value is -1.77. The van der Waals surface area contributed by atoms with Gasteiger partial charge in [-0.05, 0) is 49.2 Å². The van der Waals surface area contributed by atoms with Gasteiger partial charge >= 0.3 is 0 Å². The summed E-state index contributed by atoms with van der Waals surface area (Å²) in [6, 6.07) is 5.63.